The van der Waals surface area contributed by atoms with Gasteiger partial charge in [0.2, 0.25) is 0 Å². The lowest BCUT2D eigenvalue weighted by atomic mass is 10.0. The number of furan rings is 1. The van der Waals surface area contributed by atoms with Gasteiger partial charge in [-0.05, 0) is 30.7 Å². The molecule has 2 amide bonds. The van der Waals surface area contributed by atoms with Crippen LogP contribution < -0.4 is 5.32 Å². The summed E-state index contributed by atoms with van der Waals surface area (Å²) in [6.07, 6.45) is 1.30. The van der Waals surface area contributed by atoms with E-state index >= 15 is 0 Å². The molecule has 1 spiro atoms. The van der Waals surface area contributed by atoms with Gasteiger partial charge in [0.05, 0.1) is 0 Å². The molecule has 25 heavy (non-hydrogen) atoms. The van der Waals surface area contributed by atoms with Gasteiger partial charge in [-0.1, -0.05) is 6.92 Å². The monoisotopic (exact) mass is 346 g/mol. The van der Waals surface area contributed by atoms with Crippen molar-refractivity contribution < 1.29 is 23.1 Å². The molecule has 7 heteroatoms. The van der Waals surface area contributed by atoms with Gasteiger partial charge >= 0.3 is 0 Å². The maximum Gasteiger partial charge on any atom is 0.289 e. The van der Waals surface area contributed by atoms with Gasteiger partial charge < -0.3 is 19.4 Å². The lowest BCUT2D eigenvalue weighted by molar-refractivity contribution is -0.124. The van der Waals surface area contributed by atoms with E-state index in [1.807, 2.05) is 6.92 Å². The Labute approximate surface area is 143 Å². The Balaban J connectivity index is 1.46. The number of rotatable bonds is 2. The van der Waals surface area contributed by atoms with Gasteiger partial charge in [0.1, 0.15) is 23.2 Å². The van der Waals surface area contributed by atoms with Crippen LogP contribution >= 0.6 is 0 Å². The molecule has 1 atom stereocenters. The van der Waals surface area contributed by atoms with Crippen molar-refractivity contribution in [2.24, 2.45) is 0 Å². The Hall–Kier alpha value is -2.41. The fraction of sp³-hybridized carbons (Fsp3) is 0.444. The van der Waals surface area contributed by atoms with Crippen LogP contribution in [0.25, 0.3) is 11.0 Å². The van der Waals surface area contributed by atoms with E-state index in [1.165, 1.54) is 18.2 Å². The average Bonchev–Trinajstić information content (AvgIpc) is 3.15. The molecule has 2 saturated heterocycles. The Kier molecular flexibility index (Phi) is 3.76. The van der Waals surface area contributed by atoms with E-state index in [-0.39, 0.29) is 23.4 Å². The lowest BCUT2D eigenvalue weighted by Crippen LogP contribution is -2.53. The number of halogens is 1. The van der Waals surface area contributed by atoms with Gasteiger partial charge in [0.25, 0.3) is 11.8 Å². The minimum atomic E-state index is -0.661. The van der Waals surface area contributed by atoms with Crippen LogP contribution in [0.1, 0.15) is 36.7 Å². The fourth-order valence-corrected chi connectivity index (χ4v) is 3.52. The topological polar surface area (TPSA) is 71.8 Å². The molecular formula is C18H19FN2O4. The van der Waals surface area contributed by atoms with Gasteiger partial charge in [-0.25, -0.2) is 4.39 Å². The summed E-state index contributed by atoms with van der Waals surface area (Å²) in [7, 11) is 0. The Morgan fingerprint density at radius 1 is 1.36 bits per heavy atom. The predicted octanol–water partition coefficient (Wildman–Crippen LogP) is 2.43. The molecule has 0 saturated carbocycles. The van der Waals surface area contributed by atoms with Crippen molar-refractivity contribution in [2.45, 2.75) is 38.0 Å². The number of carbonyl (C=O) groups is 2. The highest BCUT2D eigenvalue weighted by atomic mass is 19.1. The van der Waals surface area contributed by atoms with E-state index < -0.39 is 11.8 Å². The van der Waals surface area contributed by atoms with Crippen molar-refractivity contribution in [3.05, 3.63) is 35.8 Å². The summed E-state index contributed by atoms with van der Waals surface area (Å²) in [5, 5.41) is 3.50. The van der Waals surface area contributed by atoms with Crippen LogP contribution in [0, 0.1) is 5.82 Å². The van der Waals surface area contributed by atoms with Crippen LogP contribution in [0.2, 0.25) is 0 Å². The second-order valence-electron chi connectivity index (χ2n) is 6.58. The first-order valence-electron chi connectivity index (χ1n) is 8.48. The number of piperidine rings is 1. The average molecular weight is 346 g/mol. The van der Waals surface area contributed by atoms with Crippen molar-refractivity contribution in [1.29, 1.82) is 0 Å². The largest absolute Gasteiger partial charge is 0.451 e. The van der Waals surface area contributed by atoms with Crippen LogP contribution in [-0.4, -0.2) is 41.6 Å². The van der Waals surface area contributed by atoms with Gasteiger partial charge in [0, 0.05) is 31.3 Å². The van der Waals surface area contributed by atoms with Crippen LogP contribution in [0.15, 0.2) is 28.7 Å². The maximum atomic E-state index is 13.3. The highest BCUT2D eigenvalue weighted by Gasteiger charge is 2.46. The van der Waals surface area contributed by atoms with E-state index in [4.69, 9.17) is 9.15 Å². The standard InChI is InChI=1S/C18H19FN2O4/c1-2-13-16(22)20-18(25-13)5-7-21(8-6-18)17(23)15-10-11-9-12(19)3-4-14(11)24-15/h3-4,9-10,13H,2,5-8H2,1H3,(H,20,22). The summed E-state index contributed by atoms with van der Waals surface area (Å²) in [6.45, 7) is 2.83. The van der Waals surface area contributed by atoms with Crippen molar-refractivity contribution in [3.8, 4) is 0 Å². The SMILES string of the molecule is CCC1OC2(CCN(C(=O)c3cc4cc(F)ccc4o3)CC2)NC1=O. The molecule has 0 radical (unpaired) electrons. The first kappa shape index (κ1) is 16.1. The molecule has 1 aromatic heterocycles. The summed E-state index contributed by atoms with van der Waals surface area (Å²) in [4.78, 5) is 26.2. The number of hydrogen-bond acceptors (Lipinski definition) is 4. The summed E-state index contributed by atoms with van der Waals surface area (Å²) < 4.78 is 24.7. The zero-order chi connectivity index (χ0) is 17.6. The number of fused-ring (bicyclic) bond motifs is 1. The first-order valence-corrected chi connectivity index (χ1v) is 8.48. The number of amides is 2. The second kappa shape index (κ2) is 5.84. The van der Waals surface area contributed by atoms with Crippen molar-refractivity contribution in [2.75, 3.05) is 13.1 Å². The number of hydrogen-bond donors (Lipinski definition) is 1. The molecule has 2 fully saturated rings. The number of likely N-dealkylation sites (tertiary alicyclic amines) is 1. The molecule has 132 valence electrons. The minimum Gasteiger partial charge on any atom is -0.451 e. The molecule has 0 aliphatic carbocycles. The van der Waals surface area contributed by atoms with Crippen LogP contribution in [-0.2, 0) is 9.53 Å². The van der Waals surface area contributed by atoms with E-state index in [9.17, 15) is 14.0 Å². The predicted molar refractivity (Wildman–Crippen MR) is 87.3 cm³/mol. The third kappa shape index (κ3) is 2.78. The first-order chi connectivity index (χ1) is 12.0. The number of benzene rings is 1. The summed E-state index contributed by atoms with van der Waals surface area (Å²) in [5.41, 5.74) is -0.179. The molecule has 4 rings (SSSR count). The molecule has 2 aromatic rings. The van der Waals surface area contributed by atoms with Crippen molar-refractivity contribution in [3.63, 3.8) is 0 Å². The third-order valence-corrected chi connectivity index (χ3v) is 4.93. The smallest absolute Gasteiger partial charge is 0.289 e. The van der Waals surface area contributed by atoms with Crippen LogP contribution in [0.5, 0.6) is 0 Å². The molecule has 0 bridgehead atoms. The number of nitrogens with one attached hydrogen (secondary N) is 1. The van der Waals surface area contributed by atoms with E-state index in [0.717, 1.165) is 0 Å². The quantitative estimate of drug-likeness (QED) is 0.907. The molecule has 2 aliphatic rings. The molecular weight excluding hydrogens is 327 g/mol. The zero-order valence-corrected chi connectivity index (χ0v) is 13.9. The van der Waals surface area contributed by atoms with Crippen LogP contribution in [0.4, 0.5) is 4.39 Å². The van der Waals surface area contributed by atoms with Gasteiger partial charge in [-0.2, -0.15) is 0 Å². The number of carbonyl (C=O) groups excluding carboxylic acids is 2. The zero-order valence-electron chi connectivity index (χ0n) is 13.9. The summed E-state index contributed by atoms with van der Waals surface area (Å²) in [5.74, 6) is -0.490. The normalized spacial score (nSPS) is 22.6. The molecule has 2 aliphatic heterocycles. The van der Waals surface area contributed by atoms with Gasteiger partial charge in [-0.3, -0.25) is 9.59 Å². The molecule has 1 unspecified atom stereocenters. The maximum absolute atomic E-state index is 13.3. The van der Waals surface area contributed by atoms with Crippen molar-refractivity contribution >= 4 is 22.8 Å². The van der Waals surface area contributed by atoms with Crippen LogP contribution in [0.3, 0.4) is 0 Å². The third-order valence-electron chi connectivity index (χ3n) is 4.93. The molecule has 1 N–H and O–H groups in total. The fourth-order valence-electron chi connectivity index (χ4n) is 3.52. The second-order valence-corrected chi connectivity index (χ2v) is 6.58. The highest BCUT2D eigenvalue weighted by Crippen LogP contribution is 2.31. The molecule has 6 nitrogen and oxygen atoms in total. The molecule has 1 aromatic carbocycles. The summed E-state index contributed by atoms with van der Waals surface area (Å²) >= 11 is 0. The Morgan fingerprint density at radius 2 is 2.12 bits per heavy atom. The van der Waals surface area contributed by atoms with Gasteiger partial charge in [-0.15, -0.1) is 0 Å². The number of ether oxygens (including phenoxy) is 1. The Bertz CT molecular complexity index is 839. The summed E-state index contributed by atoms with van der Waals surface area (Å²) in [6, 6.07) is 5.72. The minimum absolute atomic E-state index is 0.0819. The molecule has 3 heterocycles. The lowest BCUT2D eigenvalue weighted by Gasteiger charge is -2.38. The van der Waals surface area contributed by atoms with Gasteiger partial charge in [0.15, 0.2) is 5.76 Å². The van der Waals surface area contributed by atoms with E-state index in [0.29, 0.717) is 43.3 Å². The Morgan fingerprint density at radius 3 is 2.80 bits per heavy atom. The van der Waals surface area contributed by atoms with Crippen molar-refractivity contribution in [1.82, 2.24) is 10.2 Å². The van der Waals surface area contributed by atoms with E-state index in [2.05, 4.69) is 5.32 Å². The highest BCUT2D eigenvalue weighted by molar-refractivity contribution is 5.96. The number of nitrogens with zero attached hydrogens (tertiary/aromatic N) is 1. The van der Waals surface area contributed by atoms with E-state index in [1.54, 1.807) is 11.0 Å².